The molecule has 0 radical (unpaired) electrons. The third-order valence-electron chi connectivity index (χ3n) is 2.60. The highest BCUT2D eigenvalue weighted by Crippen LogP contribution is 2.15. The second-order valence-electron chi connectivity index (χ2n) is 4.00. The third kappa shape index (κ3) is 2.99. The van der Waals surface area contributed by atoms with E-state index in [0.29, 0.717) is 5.56 Å². The molecule has 0 aliphatic carbocycles. The molecule has 0 amide bonds. The van der Waals surface area contributed by atoms with Crippen molar-refractivity contribution in [1.29, 1.82) is 5.26 Å². The van der Waals surface area contributed by atoms with Crippen LogP contribution in [0.2, 0.25) is 5.02 Å². The Labute approximate surface area is 111 Å². The summed E-state index contributed by atoms with van der Waals surface area (Å²) >= 11 is 5.84. The van der Waals surface area contributed by atoms with E-state index < -0.39 is 0 Å². The lowest BCUT2D eigenvalue weighted by Gasteiger charge is -2.18. The Morgan fingerprint density at radius 1 is 1.22 bits per heavy atom. The van der Waals surface area contributed by atoms with E-state index in [2.05, 4.69) is 11.1 Å². The highest BCUT2D eigenvalue weighted by molar-refractivity contribution is 6.30. The predicted octanol–water partition coefficient (Wildman–Crippen LogP) is 3.24. The largest absolute Gasteiger partial charge is 0.355 e. The number of anilines is 1. The highest BCUT2D eigenvalue weighted by atomic mass is 35.5. The van der Waals surface area contributed by atoms with Crippen LogP contribution >= 0.6 is 11.6 Å². The fourth-order valence-electron chi connectivity index (χ4n) is 1.62. The fourth-order valence-corrected chi connectivity index (χ4v) is 1.75. The molecule has 2 rings (SSSR count). The van der Waals surface area contributed by atoms with Gasteiger partial charge in [-0.3, -0.25) is 0 Å². The Kier molecular flexibility index (Phi) is 3.81. The van der Waals surface area contributed by atoms with E-state index in [1.807, 2.05) is 42.3 Å². The van der Waals surface area contributed by atoms with Gasteiger partial charge in [-0.25, -0.2) is 4.98 Å². The van der Waals surface area contributed by atoms with Crippen molar-refractivity contribution in [1.82, 2.24) is 4.98 Å². The van der Waals surface area contributed by atoms with E-state index in [1.165, 1.54) is 0 Å². The molecule has 0 saturated heterocycles. The molecule has 0 bridgehead atoms. The van der Waals surface area contributed by atoms with Crippen LogP contribution in [-0.2, 0) is 6.54 Å². The number of nitriles is 1. The summed E-state index contributed by atoms with van der Waals surface area (Å²) in [6.07, 6.45) is 1.58. The average molecular weight is 258 g/mol. The summed E-state index contributed by atoms with van der Waals surface area (Å²) in [4.78, 5) is 6.26. The number of pyridine rings is 1. The standard InChI is InChI=1S/C14H12ClN3/c1-18(10-11-2-5-13(15)6-3-11)14-7-4-12(8-16)9-17-14/h2-7,9H,10H2,1H3. The predicted molar refractivity (Wildman–Crippen MR) is 72.5 cm³/mol. The summed E-state index contributed by atoms with van der Waals surface area (Å²) in [6, 6.07) is 13.4. The van der Waals surface area contributed by atoms with Gasteiger partial charge in [0, 0.05) is 24.8 Å². The quantitative estimate of drug-likeness (QED) is 0.847. The molecule has 1 aromatic carbocycles. The van der Waals surface area contributed by atoms with Crippen molar-refractivity contribution in [2.45, 2.75) is 6.54 Å². The van der Waals surface area contributed by atoms with Gasteiger partial charge in [-0.05, 0) is 29.8 Å². The van der Waals surface area contributed by atoms with E-state index in [0.717, 1.165) is 22.9 Å². The topological polar surface area (TPSA) is 39.9 Å². The first kappa shape index (κ1) is 12.4. The van der Waals surface area contributed by atoms with Crippen LogP contribution in [-0.4, -0.2) is 12.0 Å². The minimum absolute atomic E-state index is 0.568. The second-order valence-corrected chi connectivity index (χ2v) is 4.44. The summed E-state index contributed by atoms with van der Waals surface area (Å²) < 4.78 is 0. The summed E-state index contributed by atoms with van der Waals surface area (Å²) in [6.45, 7) is 0.746. The van der Waals surface area contributed by atoms with Gasteiger partial charge >= 0.3 is 0 Å². The number of hydrogen-bond donors (Lipinski definition) is 0. The number of hydrogen-bond acceptors (Lipinski definition) is 3. The molecule has 0 saturated carbocycles. The van der Waals surface area contributed by atoms with Crippen molar-refractivity contribution in [3.63, 3.8) is 0 Å². The van der Waals surface area contributed by atoms with Gasteiger partial charge in [-0.15, -0.1) is 0 Å². The van der Waals surface area contributed by atoms with Crippen molar-refractivity contribution in [2.75, 3.05) is 11.9 Å². The first-order valence-corrected chi connectivity index (χ1v) is 5.88. The minimum Gasteiger partial charge on any atom is -0.355 e. The number of rotatable bonds is 3. The lowest BCUT2D eigenvalue weighted by atomic mass is 10.2. The van der Waals surface area contributed by atoms with Gasteiger partial charge < -0.3 is 4.90 Å². The van der Waals surface area contributed by atoms with Crippen LogP contribution in [0.25, 0.3) is 0 Å². The van der Waals surface area contributed by atoms with Gasteiger partial charge in [0.1, 0.15) is 11.9 Å². The molecule has 3 nitrogen and oxygen atoms in total. The number of benzene rings is 1. The zero-order chi connectivity index (χ0) is 13.0. The van der Waals surface area contributed by atoms with Gasteiger partial charge in [0.05, 0.1) is 5.56 Å². The van der Waals surface area contributed by atoms with E-state index in [-0.39, 0.29) is 0 Å². The molecule has 0 N–H and O–H groups in total. The average Bonchev–Trinajstić information content (AvgIpc) is 2.41. The molecule has 4 heteroatoms. The SMILES string of the molecule is CN(Cc1ccc(Cl)cc1)c1ccc(C#N)cn1. The second kappa shape index (κ2) is 5.52. The molecule has 0 unspecified atom stereocenters. The number of aromatic nitrogens is 1. The van der Waals surface area contributed by atoms with Crippen LogP contribution in [0, 0.1) is 11.3 Å². The van der Waals surface area contributed by atoms with Crippen molar-refractivity contribution in [3.05, 3.63) is 58.7 Å². The Morgan fingerprint density at radius 2 is 1.94 bits per heavy atom. The van der Waals surface area contributed by atoms with Crippen LogP contribution < -0.4 is 4.90 Å². The molecule has 18 heavy (non-hydrogen) atoms. The van der Waals surface area contributed by atoms with Crippen molar-refractivity contribution in [3.8, 4) is 6.07 Å². The third-order valence-corrected chi connectivity index (χ3v) is 2.85. The van der Waals surface area contributed by atoms with Crippen molar-refractivity contribution < 1.29 is 0 Å². The zero-order valence-corrected chi connectivity index (χ0v) is 10.7. The molecule has 2 aromatic rings. The van der Waals surface area contributed by atoms with Gasteiger partial charge in [-0.2, -0.15) is 5.26 Å². The first-order chi connectivity index (χ1) is 8.69. The van der Waals surface area contributed by atoms with Gasteiger partial charge in [0.15, 0.2) is 0 Å². The fraction of sp³-hybridized carbons (Fsp3) is 0.143. The van der Waals surface area contributed by atoms with E-state index in [1.54, 1.807) is 12.3 Å². The van der Waals surface area contributed by atoms with Crippen LogP contribution in [0.4, 0.5) is 5.82 Å². The summed E-state index contributed by atoms with van der Waals surface area (Å²) in [5.74, 6) is 0.837. The molecule has 1 aromatic heterocycles. The van der Waals surface area contributed by atoms with Crippen molar-refractivity contribution in [2.24, 2.45) is 0 Å². The molecule has 90 valence electrons. The smallest absolute Gasteiger partial charge is 0.128 e. The lowest BCUT2D eigenvalue weighted by Crippen LogP contribution is -2.17. The number of nitrogens with zero attached hydrogens (tertiary/aromatic N) is 3. The molecule has 0 aliphatic rings. The summed E-state index contributed by atoms with van der Waals surface area (Å²) in [5, 5.41) is 9.45. The Balaban J connectivity index is 2.09. The van der Waals surface area contributed by atoms with E-state index in [9.17, 15) is 0 Å². The summed E-state index contributed by atoms with van der Waals surface area (Å²) in [7, 11) is 1.96. The van der Waals surface area contributed by atoms with Crippen LogP contribution in [0.1, 0.15) is 11.1 Å². The van der Waals surface area contributed by atoms with Crippen molar-refractivity contribution >= 4 is 17.4 Å². The van der Waals surface area contributed by atoms with E-state index >= 15 is 0 Å². The zero-order valence-electron chi connectivity index (χ0n) is 9.97. The maximum atomic E-state index is 8.71. The first-order valence-electron chi connectivity index (χ1n) is 5.51. The monoisotopic (exact) mass is 257 g/mol. The minimum atomic E-state index is 0.568. The Hall–Kier alpha value is -2.05. The molecule has 0 aliphatic heterocycles. The Bertz CT molecular complexity index is 555. The van der Waals surface area contributed by atoms with Crippen LogP contribution in [0.3, 0.4) is 0 Å². The molecule has 0 fully saturated rings. The normalized spacial score (nSPS) is 9.83. The van der Waals surface area contributed by atoms with Gasteiger partial charge in [-0.1, -0.05) is 23.7 Å². The van der Waals surface area contributed by atoms with Gasteiger partial charge in [0.25, 0.3) is 0 Å². The molecular formula is C14H12ClN3. The lowest BCUT2D eigenvalue weighted by molar-refractivity contribution is 0.897. The Morgan fingerprint density at radius 3 is 2.50 bits per heavy atom. The van der Waals surface area contributed by atoms with Crippen LogP contribution in [0.15, 0.2) is 42.6 Å². The summed E-state index contributed by atoms with van der Waals surface area (Å²) in [5.41, 5.74) is 1.73. The highest BCUT2D eigenvalue weighted by Gasteiger charge is 2.03. The molecule has 1 heterocycles. The van der Waals surface area contributed by atoms with Crippen LogP contribution in [0.5, 0.6) is 0 Å². The number of halogens is 1. The van der Waals surface area contributed by atoms with E-state index in [4.69, 9.17) is 16.9 Å². The molecule has 0 atom stereocenters. The molecule has 0 spiro atoms. The maximum Gasteiger partial charge on any atom is 0.128 e. The van der Waals surface area contributed by atoms with Gasteiger partial charge in [0.2, 0.25) is 0 Å². The maximum absolute atomic E-state index is 8.71. The molecular weight excluding hydrogens is 246 g/mol.